The summed E-state index contributed by atoms with van der Waals surface area (Å²) in [7, 11) is 0. The van der Waals surface area contributed by atoms with E-state index < -0.39 is 0 Å². The molecule has 106 valence electrons. The van der Waals surface area contributed by atoms with Gasteiger partial charge in [0.1, 0.15) is 0 Å². The van der Waals surface area contributed by atoms with E-state index in [1.807, 2.05) is 35.0 Å². The van der Waals surface area contributed by atoms with Crippen molar-refractivity contribution in [3.63, 3.8) is 0 Å². The van der Waals surface area contributed by atoms with E-state index in [1.165, 1.54) is 0 Å². The highest BCUT2D eigenvalue weighted by Gasteiger charge is 2.05. The molecule has 4 nitrogen and oxygen atoms in total. The third-order valence-corrected chi connectivity index (χ3v) is 3.18. The number of nitrogens with one attached hydrogen (secondary N) is 1. The van der Waals surface area contributed by atoms with Crippen LogP contribution in [0.5, 0.6) is 0 Å². The van der Waals surface area contributed by atoms with Gasteiger partial charge in [0.05, 0.1) is 6.33 Å². The van der Waals surface area contributed by atoms with Gasteiger partial charge in [-0.05, 0) is 43.0 Å². The summed E-state index contributed by atoms with van der Waals surface area (Å²) in [5, 5.41) is 2.95. The van der Waals surface area contributed by atoms with Crippen LogP contribution in [-0.2, 0) is 0 Å². The lowest BCUT2D eigenvalue weighted by Crippen LogP contribution is -2.24. The van der Waals surface area contributed by atoms with E-state index in [1.54, 1.807) is 12.5 Å². The lowest BCUT2D eigenvalue weighted by Gasteiger charge is -2.08. The first kappa shape index (κ1) is 14.3. The van der Waals surface area contributed by atoms with Crippen LogP contribution in [0.2, 0.25) is 0 Å². The number of hydrogen-bond acceptors (Lipinski definition) is 2. The normalized spacial score (nSPS) is 10.8. The molecule has 1 aromatic heterocycles. The molecule has 1 aromatic carbocycles. The number of carbonyl (C=O) groups is 1. The van der Waals surface area contributed by atoms with Crippen molar-refractivity contribution in [3.05, 3.63) is 48.5 Å². The molecule has 1 heterocycles. The highest BCUT2D eigenvalue weighted by molar-refractivity contribution is 5.94. The van der Waals surface area contributed by atoms with Crippen molar-refractivity contribution >= 4 is 5.91 Å². The molecule has 0 unspecified atom stereocenters. The number of hydrogen-bond donors (Lipinski definition) is 1. The van der Waals surface area contributed by atoms with Crippen LogP contribution < -0.4 is 5.32 Å². The molecule has 2 rings (SSSR count). The second-order valence-corrected chi connectivity index (χ2v) is 5.31. The topological polar surface area (TPSA) is 46.9 Å². The molecule has 0 bridgehead atoms. The molecular formula is C16H21N3O. The SMILES string of the molecule is CC(C)CCCNC(=O)c1ccc(-n2ccnc2)cc1. The van der Waals surface area contributed by atoms with E-state index in [-0.39, 0.29) is 5.91 Å². The zero-order valence-corrected chi connectivity index (χ0v) is 12.0. The Morgan fingerprint density at radius 2 is 2.05 bits per heavy atom. The summed E-state index contributed by atoms with van der Waals surface area (Å²) < 4.78 is 1.91. The zero-order chi connectivity index (χ0) is 14.4. The Balaban J connectivity index is 1.88. The number of nitrogens with zero attached hydrogens (tertiary/aromatic N) is 2. The van der Waals surface area contributed by atoms with Gasteiger partial charge in [-0.25, -0.2) is 4.98 Å². The predicted molar refractivity (Wildman–Crippen MR) is 80.0 cm³/mol. The predicted octanol–water partition coefficient (Wildman–Crippen LogP) is 3.04. The molecule has 1 N–H and O–H groups in total. The highest BCUT2D eigenvalue weighted by atomic mass is 16.1. The van der Waals surface area contributed by atoms with E-state index in [0.29, 0.717) is 11.5 Å². The third kappa shape index (κ3) is 3.95. The Morgan fingerprint density at radius 1 is 1.30 bits per heavy atom. The van der Waals surface area contributed by atoms with Crippen LogP contribution in [0.25, 0.3) is 5.69 Å². The summed E-state index contributed by atoms with van der Waals surface area (Å²) in [6.45, 7) is 5.12. The van der Waals surface area contributed by atoms with Gasteiger partial charge in [-0.15, -0.1) is 0 Å². The molecule has 2 aromatic rings. The summed E-state index contributed by atoms with van der Waals surface area (Å²) in [5.74, 6) is 0.673. The minimum absolute atomic E-state index is 0.00839. The van der Waals surface area contributed by atoms with Crippen molar-refractivity contribution in [1.82, 2.24) is 14.9 Å². The third-order valence-electron chi connectivity index (χ3n) is 3.18. The lowest BCUT2D eigenvalue weighted by atomic mass is 10.1. The van der Waals surface area contributed by atoms with Gasteiger partial charge in [-0.2, -0.15) is 0 Å². The van der Waals surface area contributed by atoms with Crippen molar-refractivity contribution in [2.24, 2.45) is 5.92 Å². The fourth-order valence-electron chi connectivity index (χ4n) is 2.01. The summed E-state index contributed by atoms with van der Waals surface area (Å²) in [6.07, 6.45) is 7.51. The van der Waals surface area contributed by atoms with E-state index >= 15 is 0 Å². The smallest absolute Gasteiger partial charge is 0.251 e. The number of benzene rings is 1. The quantitative estimate of drug-likeness (QED) is 0.821. The van der Waals surface area contributed by atoms with Crippen LogP contribution in [-0.4, -0.2) is 22.0 Å². The van der Waals surface area contributed by atoms with Gasteiger partial charge in [0.15, 0.2) is 0 Å². The van der Waals surface area contributed by atoms with E-state index in [0.717, 1.165) is 25.1 Å². The Hall–Kier alpha value is -2.10. The van der Waals surface area contributed by atoms with Gasteiger partial charge in [-0.3, -0.25) is 4.79 Å². The van der Waals surface area contributed by atoms with Crippen LogP contribution in [0.4, 0.5) is 0 Å². The second kappa shape index (κ2) is 6.89. The van der Waals surface area contributed by atoms with E-state index in [2.05, 4.69) is 24.1 Å². The minimum atomic E-state index is -0.00839. The summed E-state index contributed by atoms with van der Waals surface area (Å²) >= 11 is 0. The van der Waals surface area contributed by atoms with Gasteiger partial charge >= 0.3 is 0 Å². The summed E-state index contributed by atoms with van der Waals surface area (Å²) in [4.78, 5) is 16.0. The number of carbonyl (C=O) groups excluding carboxylic acids is 1. The average molecular weight is 271 g/mol. The molecule has 0 atom stereocenters. The Bertz CT molecular complexity index is 529. The highest BCUT2D eigenvalue weighted by Crippen LogP contribution is 2.09. The van der Waals surface area contributed by atoms with Gasteiger partial charge in [0.25, 0.3) is 5.91 Å². The number of aromatic nitrogens is 2. The maximum absolute atomic E-state index is 12.0. The zero-order valence-electron chi connectivity index (χ0n) is 12.0. The molecule has 0 radical (unpaired) electrons. The molecule has 0 aliphatic heterocycles. The van der Waals surface area contributed by atoms with Crippen molar-refractivity contribution in [1.29, 1.82) is 0 Å². The fourth-order valence-corrected chi connectivity index (χ4v) is 2.01. The largest absolute Gasteiger partial charge is 0.352 e. The van der Waals surface area contributed by atoms with Crippen LogP contribution in [0.1, 0.15) is 37.0 Å². The standard InChI is InChI=1S/C16H21N3O/c1-13(2)4-3-9-18-16(20)14-5-7-15(8-6-14)19-11-10-17-12-19/h5-8,10-13H,3-4,9H2,1-2H3,(H,18,20). The maximum Gasteiger partial charge on any atom is 0.251 e. The summed E-state index contributed by atoms with van der Waals surface area (Å²) in [5.41, 5.74) is 1.69. The first-order valence-corrected chi connectivity index (χ1v) is 7.03. The van der Waals surface area contributed by atoms with Gasteiger partial charge < -0.3 is 9.88 Å². The van der Waals surface area contributed by atoms with Crippen LogP contribution in [0.15, 0.2) is 43.0 Å². The van der Waals surface area contributed by atoms with Crippen molar-refractivity contribution in [2.45, 2.75) is 26.7 Å². The molecule has 0 spiro atoms. The molecule has 0 saturated heterocycles. The van der Waals surface area contributed by atoms with Crippen LogP contribution in [0, 0.1) is 5.92 Å². The van der Waals surface area contributed by atoms with Gasteiger partial charge in [-0.1, -0.05) is 13.8 Å². The van der Waals surface area contributed by atoms with Gasteiger partial charge in [0.2, 0.25) is 0 Å². The minimum Gasteiger partial charge on any atom is -0.352 e. The lowest BCUT2D eigenvalue weighted by molar-refractivity contribution is 0.0952. The Morgan fingerprint density at radius 3 is 2.65 bits per heavy atom. The Kier molecular flexibility index (Phi) is 4.93. The molecule has 0 aliphatic carbocycles. The van der Waals surface area contributed by atoms with Crippen molar-refractivity contribution < 1.29 is 4.79 Å². The number of amides is 1. The molecule has 0 fully saturated rings. The molecular weight excluding hydrogens is 250 g/mol. The molecule has 0 saturated carbocycles. The van der Waals surface area contributed by atoms with E-state index in [4.69, 9.17) is 0 Å². The first-order valence-electron chi connectivity index (χ1n) is 7.03. The molecule has 0 aliphatic rings. The monoisotopic (exact) mass is 271 g/mol. The van der Waals surface area contributed by atoms with Crippen molar-refractivity contribution in [3.8, 4) is 5.69 Å². The maximum atomic E-state index is 12.0. The van der Waals surface area contributed by atoms with E-state index in [9.17, 15) is 4.79 Å². The Labute approximate surface area is 119 Å². The van der Waals surface area contributed by atoms with Crippen LogP contribution >= 0.6 is 0 Å². The second-order valence-electron chi connectivity index (χ2n) is 5.31. The molecule has 4 heteroatoms. The fraction of sp³-hybridized carbons (Fsp3) is 0.375. The number of rotatable bonds is 6. The van der Waals surface area contributed by atoms with Crippen molar-refractivity contribution in [2.75, 3.05) is 6.54 Å². The number of imidazole rings is 1. The van der Waals surface area contributed by atoms with Crippen LogP contribution in [0.3, 0.4) is 0 Å². The average Bonchev–Trinajstić information content (AvgIpc) is 2.97. The molecule has 20 heavy (non-hydrogen) atoms. The molecule has 1 amide bonds. The summed E-state index contributed by atoms with van der Waals surface area (Å²) in [6, 6.07) is 7.52. The van der Waals surface area contributed by atoms with Gasteiger partial charge in [0, 0.05) is 30.2 Å². The first-order chi connectivity index (χ1) is 9.66.